The van der Waals surface area contributed by atoms with Crippen molar-refractivity contribution in [3.63, 3.8) is 0 Å². The molecule has 0 bridgehead atoms. The first-order valence-electron chi connectivity index (χ1n) is 13.6. The molecule has 0 unspecified atom stereocenters. The van der Waals surface area contributed by atoms with Crippen LogP contribution < -0.4 is 70.2 Å². The number of phenols is 1. The number of carbonyl (C=O) groups excluding carboxylic acids is 1. The molecule has 0 aliphatic carbocycles. The molecule has 246 valence electrons. The average Bonchev–Trinajstić information content (AvgIpc) is 2.99. The van der Waals surface area contributed by atoms with E-state index in [9.17, 15) is 35.8 Å². The van der Waals surface area contributed by atoms with Crippen molar-refractivity contribution in [2.45, 2.75) is 30.1 Å². The molecule has 4 aromatic rings. The number of nitrogens with zero attached hydrogens (tertiary/aromatic N) is 5. The number of aryl methyl sites for hydroxylation is 2. The standard InChI is InChI=1S/C29H29N7O9S2.2Na/c1-16-13-18(3-6-21(16)33-26(37)9-11-45-12-10-32-36-31)19-4-7-22(17(2)14-19)34-35-23-8-5-20-24(46(39,40)41)15-25(47(42,43)44)28(30)27(20)29(23)38;;/h3-8,13-15,38H,9-12,30H2,1-2H3,(H,33,37)(H,39,40,41)(H,42,43,44);;/q;2*+1/p-2. The fourth-order valence-electron chi connectivity index (χ4n) is 4.62. The van der Waals surface area contributed by atoms with Gasteiger partial charge in [0, 0.05) is 22.5 Å². The van der Waals surface area contributed by atoms with Gasteiger partial charge >= 0.3 is 59.1 Å². The number of hydrogen-bond acceptors (Lipinski definition) is 13. The second kappa shape index (κ2) is 17.7. The second-order valence-electron chi connectivity index (χ2n) is 10.1. The van der Waals surface area contributed by atoms with Crippen molar-refractivity contribution in [2.75, 3.05) is 30.8 Å². The first-order valence-corrected chi connectivity index (χ1v) is 16.4. The van der Waals surface area contributed by atoms with Gasteiger partial charge < -0.3 is 30.0 Å². The number of anilines is 2. The van der Waals surface area contributed by atoms with Crippen LogP contribution in [0.5, 0.6) is 5.75 Å². The van der Waals surface area contributed by atoms with Crippen molar-refractivity contribution < 1.29 is 99.7 Å². The Hall–Kier alpha value is -3.10. The molecule has 4 rings (SSSR count). The number of carbonyl (C=O) groups is 1. The van der Waals surface area contributed by atoms with Gasteiger partial charge in [0.2, 0.25) is 5.91 Å². The van der Waals surface area contributed by atoms with Crippen LogP contribution in [-0.4, -0.2) is 56.7 Å². The van der Waals surface area contributed by atoms with E-state index >= 15 is 0 Å². The fourth-order valence-corrected chi connectivity index (χ4v) is 6.03. The molecule has 0 spiro atoms. The number of phenolic OH excluding ortho intramolecular Hbond substituents is 1. The smallest absolute Gasteiger partial charge is 0.744 e. The molecule has 0 heterocycles. The average molecular weight is 728 g/mol. The first kappa shape index (κ1) is 42.1. The number of hydrogen-bond donors (Lipinski definition) is 3. The van der Waals surface area contributed by atoms with E-state index in [2.05, 4.69) is 25.6 Å². The van der Waals surface area contributed by atoms with Gasteiger partial charge in [-0.15, -0.1) is 5.11 Å². The Morgan fingerprint density at radius 3 is 2.08 bits per heavy atom. The van der Waals surface area contributed by atoms with Crippen molar-refractivity contribution >= 4 is 59.7 Å². The van der Waals surface area contributed by atoms with Gasteiger partial charge in [0.25, 0.3) is 0 Å². The Balaban J connectivity index is 0.00000417. The van der Waals surface area contributed by atoms with Crippen molar-refractivity contribution in [1.29, 1.82) is 0 Å². The van der Waals surface area contributed by atoms with Crippen molar-refractivity contribution in [3.8, 4) is 16.9 Å². The van der Waals surface area contributed by atoms with Crippen LogP contribution in [0.2, 0.25) is 0 Å². The van der Waals surface area contributed by atoms with Crippen LogP contribution in [0.4, 0.5) is 22.7 Å². The molecule has 0 saturated carbocycles. The predicted octanol–water partition coefficient (Wildman–Crippen LogP) is -0.701. The maximum absolute atomic E-state index is 12.3. The molecule has 4 N–H and O–H groups in total. The summed E-state index contributed by atoms with van der Waals surface area (Å²) < 4.78 is 75.8. The number of rotatable bonds is 12. The third-order valence-electron chi connectivity index (χ3n) is 6.93. The molecule has 4 aromatic carbocycles. The minimum Gasteiger partial charge on any atom is -0.744 e. The Kier molecular flexibility index (Phi) is 15.2. The second-order valence-corrected chi connectivity index (χ2v) is 12.8. The number of nitrogens with one attached hydrogen (secondary N) is 1. The van der Waals surface area contributed by atoms with Gasteiger partial charge in [0.1, 0.15) is 25.9 Å². The SMILES string of the molecule is Cc1cc(-c2ccc(NC(=O)CCOCCN=[N+]=[N-])c(C)c2)ccc1N=Nc1ccc2c(S(=O)(=O)[O-])cc(S(=O)(=O)[O-])c(N)c2c1O.[Na+].[Na+]. The summed E-state index contributed by atoms with van der Waals surface area (Å²) in [4.78, 5) is 12.7. The van der Waals surface area contributed by atoms with Crippen LogP contribution >= 0.6 is 0 Å². The van der Waals surface area contributed by atoms with Crippen LogP contribution in [0.15, 0.2) is 79.7 Å². The van der Waals surface area contributed by atoms with E-state index in [0.29, 0.717) is 23.0 Å². The predicted molar refractivity (Wildman–Crippen MR) is 170 cm³/mol. The molecule has 1 amide bonds. The molecule has 0 aliphatic heterocycles. The quantitative estimate of drug-likeness (QED) is 0.0314. The van der Waals surface area contributed by atoms with Gasteiger partial charge in [-0.1, -0.05) is 23.3 Å². The summed E-state index contributed by atoms with van der Waals surface area (Å²) in [6.07, 6.45) is 0.128. The normalized spacial score (nSPS) is 11.4. The Labute approximate surface area is 325 Å². The van der Waals surface area contributed by atoms with Gasteiger partial charge in [-0.05, 0) is 78.0 Å². The van der Waals surface area contributed by atoms with Crippen LogP contribution in [0.1, 0.15) is 17.5 Å². The summed E-state index contributed by atoms with van der Waals surface area (Å²) in [7, 11) is -10.6. The van der Waals surface area contributed by atoms with Crippen molar-refractivity contribution in [2.24, 2.45) is 15.3 Å². The Morgan fingerprint density at radius 1 is 0.898 bits per heavy atom. The third-order valence-corrected chi connectivity index (χ3v) is 8.68. The number of azide groups is 1. The molecule has 0 radical (unpaired) electrons. The van der Waals surface area contributed by atoms with Gasteiger partial charge in [-0.3, -0.25) is 4.79 Å². The fraction of sp³-hybridized carbons (Fsp3) is 0.207. The minimum atomic E-state index is -5.32. The molecule has 16 nitrogen and oxygen atoms in total. The van der Waals surface area contributed by atoms with Gasteiger partial charge in [0.05, 0.1) is 46.2 Å². The Morgan fingerprint density at radius 2 is 1.49 bits per heavy atom. The van der Waals surface area contributed by atoms with E-state index in [0.717, 1.165) is 28.8 Å². The van der Waals surface area contributed by atoms with E-state index in [1.807, 2.05) is 25.1 Å². The van der Waals surface area contributed by atoms with Gasteiger partial charge in [0.15, 0.2) is 5.75 Å². The third kappa shape index (κ3) is 10.5. The van der Waals surface area contributed by atoms with Crippen LogP contribution in [0.25, 0.3) is 32.3 Å². The molecular formula is C29H27N7Na2O9S2. The molecule has 0 aliphatic rings. The number of benzene rings is 4. The Bertz CT molecular complexity index is 2190. The summed E-state index contributed by atoms with van der Waals surface area (Å²) >= 11 is 0. The number of nitrogen functional groups attached to an aromatic ring is 1. The number of nitrogens with two attached hydrogens (primary N) is 1. The summed E-state index contributed by atoms with van der Waals surface area (Å²) in [6, 6.07) is 13.4. The molecule has 20 heteroatoms. The summed E-state index contributed by atoms with van der Waals surface area (Å²) in [6.45, 7) is 4.21. The molecule has 0 aromatic heterocycles. The number of aromatic hydroxyl groups is 1. The van der Waals surface area contributed by atoms with E-state index in [1.165, 1.54) is 0 Å². The van der Waals surface area contributed by atoms with E-state index in [-0.39, 0.29) is 96.9 Å². The zero-order valence-electron chi connectivity index (χ0n) is 26.9. The zero-order chi connectivity index (χ0) is 34.5. The summed E-state index contributed by atoms with van der Waals surface area (Å²) in [5.41, 5.74) is 17.3. The number of azo groups is 1. The molecule has 0 saturated heterocycles. The van der Waals surface area contributed by atoms with E-state index < -0.39 is 52.2 Å². The van der Waals surface area contributed by atoms with E-state index in [1.54, 1.807) is 25.1 Å². The molecule has 0 atom stereocenters. The number of ether oxygens (including phenoxy) is 1. The topological polar surface area (TPSA) is 272 Å². The van der Waals surface area contributed by atoms with E-state index in [4.69, 9.17) is 16.0 Å². The van der Waals surface area contributed by atoms with Crippen molar-refractivity contribution in [3.05, 3.63) is 76.2 Å². The maximum Gasteiger partial charge on any atom is 1.00 e. The van der Waals surface area contributed by atoms with Crippen molar-refractivity contribution in [1.82, 2.24) is 0 Å². The number of amides is 1. The first-order chi connectivity index (χ1) is 22.1. The minimum absolute atomic E-state index is 0. The largest absolute Gasteiger partial charge is 1.00 e. The summed E-state index contributed by atoms with van der Waals surface area (Å²) in [5, 5.41) is 24.3. The zero-order valence-corrected chi connectivity index (χ0v) is 32.5. The van der Waals surface area contributed by atoms with Gasteiger partial charge in [-0.2, -0.15) is 5.11 Å². The van der Waals surface area contributed by atoms with Gasteiger partial charge in [-0.25, -0.2) is 16.8 Å². The summed E-state index contributed by atoms with van der Waals surface area (Å²) in [5.74, 6) is -1.02. The molecule has 49 heavy (non-hydrogen) atoms. The van der Waals surface area contributed by atoms with Crippen LogP contribution in [0, 0.1) is 13.8 Å². The molecule has 0 fully saturated rings. The maximum atomic E-state index is 12.3. The van der Waals surface area contributed by atoms with Crippen LogP contribution in [-0.2, 0) is 29.8 Å². The monoisotopic (exact) mass is 727 g/mol. The van der Waals surface area contributed by atoms with Crippen LogP contribution in [0.3, 0.4) is 0 Å². The number of fused-ring (bicyclic) bond motifs is 1. The molecular weight excluding hydrogens is 700 g/mol.